The Hall–Kier alpha value is -1.36. The Morgan fingerprint density at radius 3 is 2.71 bits per heavy atom. The summed E-state index contributed by atoms with van der Waals surface area (Å²) in [5, 5.41) is 9.50. The summed E-state index contributed by atoms with van der Waals surface area (Å²) < 4.78 is 0. The third kappa shape index (κ3) is 2.11. The van der Waals surface area contributed by atoms with Crippen molar-refractivity contribution in [3.8, 4) is 0 Å². The molecule has 0 saturated heterocycles. The second-order valence-electron chi connectivity index (χ2n) is 3.45. The highest BCUT2D eigenvalue weighted by atomic mass is 16.1. The van der Waals surface area contributed by atoms with Crippen LogP contribution in [0.15, 0.2) is 0 Å². The SMILES string of the molecule is Cc1[nH]nc(NC(=O)C(C)CN)c1C. The molecular weight excluding hydrogens is 180 g/mol. The molecule has 1 heterocycles. The summed E-state index contributed by atoms with van der Waals surface area (Å²) in [4.78, 5) is 11.5. The number of nitrogens with one attached hydrogen (secondary N) is 2. The molecule has 0 saturated carbocycles. The molecule has 1 amide bonds. The molecule has 78 valence electrons. The molecule has 4 N–H and O–H groups in total. The lowest BCUT2D eigenvalue weighted by Gasteiger charge is -2.07. The molecule has 0 spiro atoms. The van der Waals surface area contributed by atoms with Crippen molar-refractivity contribution < 1.29 is 4.79 Å². The monoisotopic (exact) mass is 196 g/mol. The van der Waals surface area contributed by atoms with Crippen LogP contribution in [0.25, 0.3) is 0 Å². The lowest BCUT2D eigenvalue weighted by Crippen LogP contribution is -2.27. The van der Waals surface area contributed by atoms with Gasteiger partial charge in [0.1, 0.15) is 0 Å². The van der Waals surface area contributed by atoms with Crippen molar-refractivity contribution in [2.45, 2.75) is 20.8 Å². The molecule has 5 nitrogen and oxygen atoms in total. The lowest BCUT2D eigenvalue weighted by atomic mass is 10.1. The summed E-state index contributed by atoms with van der Waals surface area (Å²) in [6.45, 7) is 5.93. The minimum Gasteiger partial charge on any atom is -0.330 e. The molecule has 0 aliphatic heterocycles. The van der Waals surface area contributed by atoms with Crippen LogP contribution in [0.4, 0.5) is 5.82 Å². The van der Waals surface area contributed by atoms with Crippen LogP contribution in [0, 0.1) is 19.8 Å². The van der Waals surface area contributed by atoms with Crippen molar-refractivity contribution in [3.05, 3.63) is 11.3 Å². The number of amides is 1. The van der Waals surface area contributed by atoms with Gasteiger partial charge in [0.25, 0.3) is 0 Å². The van der Waals surface area contributed by atoms with Crippen LogP contribution in [-0.4, -0.2) is 22.6 Å². The Morgan fingerprint density at radius 1 is 1.64 bits per heavy atom. The molecule has 0 radical (unpaired) electrons. The fourth-order valence-electron chi connectivity index (χ4n) is 0.954. The Balaban J connectivity index is 2.70. The normalized spacial score (nSPS) is 12.6. The number of aromatic amines is 1. The Bertz CT molecular complexity index is 332. The summed E-state index contributed by atoms with van der Waals surface area (Å²) in [7, 11) is 0. The first kappa shape index (κ1) is 10.7. The second-order valence-corrected chi connectivity index (χ2v) is 3.45. The van der Waals surface area contributed by atoms with E-state index < -0.39 is 0 Å². The third-order valence-corrected chi connectivity index (χ3v) is 2.30. The van der Waals surface area contributed by atoms with E-state index in [2.05, 4.69) is 15.5 Å². The molecule has 0 aliphatic rings. The van der Waals surface area contributed by atoms with Crippen molar-refractivity contribution >= 4 is 11.7 Å². The van der Waals surface area contributed by atoms with E-state index in [1.807, 2.05) is 13.8 Å². The Morgan fingerprint density at radius 2 is 2.29 bits per heavy atom. The zero-order chi connectivity index (χ0) is 10.7. The third-order valence-electron chi connectivity index (χ3n) is 2.30. The van der Waals surface area contributed by atoms with Crippen LogP contribution >= 0.6 is 0 Å². The number of H-pyrrole nitrogens is 1. The number of aryl methyl sites for hydroxylation is 1. The van der Waals surface area contributed by atoms with E-state index in [9.17, 15) is 4.79 Å². The van der Waals surface area contributed by atoms with Gasteiger partial charge in [-0.15, -0.1) is 0 Å². The molecule has 14 heavy (non-hydrogen) atoms. The molecular formula is C9H16N4O. The standard InChI is InChI=1S/C9H16N4O/c1-5(4-10)9(14)11-8-6(2)7(3)12-13-8/h5H,4,10H2,1-3H3,(H2,11,12,13,14). The van der Waals surface area contributed by atoms with Crippen LogP contribution in [-0.2, 0) is 4.79 Å². The van der Waals surface area contributed by atoms with Gasteiger partial charge in [-0.3, -0.25) is 9.89 Å². The maximum atomic E-state index is 11.5. The highest BCUT2D eigenvalue weighted by molar-refractivity contribution is 5.92. The van der Waals surface area contributed by atoms with Crippen LogP contribution in [0.2, 0.25) is 0 Å². The molecule has 1 unspecified atom stereocenters. The van der Waals surface area contributed by atoms with Gasteiger partial charge in [-0.2, -0.15) is 5.10 Å². The first-order chi connectivity index (χ1) is 6.56. The maximum Gasteiger partial charge on any atom is 0.229 e. The summed E-state index contributed by atoms with van der Waals surface area (Å²) >= 11 is 0. The zero-order valence-electron chi connectivity index (χ0n) is 8.72. The fraction of sp³-hybridized carbons (Fsp3) is 0.556. The second kappa shape index (κ2) is 4.23. The van der Waals surface area contributed by atoms with Gasteiger partial charge in [-0.1, -0.05) is 6.92 Å². The van der Waals surface area contributed by atoms with E-state index in [4.69, 9.17) is 5.73 Å². The first-order valence-electron chi connectivity index (χ1n) is 4.58. The zero-order valence-corrected chi connectivity index (χ0v) is 8.72. The summed E-state index contributed by atoms with van der Waals surface area (Å²) in [6.07, 6.45) is 0. The highest BCUT2D eigenvalue weighted by Gasteiger charge is 2.14. The predicted molar refractivity (Wildman–Crippen MR) is 54.9 cm³/mol. The van der Waals surface area contributed by atoms with Crippen molar-refractivity contribution in [2.75, 3.05) is 11.9 Å². The summed E-state index contributed by atoms with van der Waals surface area (Å²) in [6, 6.07) is 0. The number of nitrogens with zero attached hydrogens (tertiary/aromatic N) is 1. The average Bonchev–Trinajstić information content (AvgIpc) is 2.48. The molecule has 5 heteroatoms. The Labute approximate surface area is 83.1 Å². The van der Waals surface area contributed by atoms with Gasteiger partial charge in [-0.25, -0.2) is 0 Å². The molecule has 1 aromatic heterocycles. The lowest BCUT2D eigenvalue weighted by molar-refractivity contribution is -0.119. The number of anilines is 1. The van der Waals surface area contributed by atoms with Crippen LogP contribution < -0.4 is 11.1 Å². The highest BCUT2D eigenvalue weighted by Crippen LogP contribution is 2.14. The fourth-order valence-corrected chi connectivity index (χ4v) is 0.954. The quantitative estimate of drug-likeness (QED) is 0.660. The molecule has 0 fully saturated rings. The number of hydrogen-bond acceptors (Lipinski definition) is 3. The smallest absolute Gasteiger partial charge is 0.229 e. The average molecular weight is 196 g/mol. The van der Waals surface area contributed by atoms with Gasteiger partial charge >= 0.3 is 0 Å². The van der Waals surface area contributed by atoms with Crippen molar-refractivity contribution in [2.24, 2.45) is 11.7 Å². The number of carbonyl (C=O) groups is 1. The molecule has 1 rings (SSSR count). The molecule has 1 atom stereocenters. The van der Waals surface area contributed by atoms with E-state index in [0.717, 1.165) is 11.3 Å². The van der Waals surface area contributed by atoms with Gasteiger partial charge < -0.3 is 11.1 Å². The van der Waals surface area contributed by atoms with Gasteiger partial charge in [-0.05, 0) is 13.8 Å². The van der Waals surface area contributed by atoms with E-state index >= 15 is 0 Å². The minimum atomic E-state index is -0.189. The van der Waals surface area contributed by atoms with Gasteiger partial charge in [0, 0.05) is 23.7 Å². The van der Waals surface area contributed by atoms with E-state index in [0.29, 0.717) is 12.4 Å². The van der Waals surface area contributed by atoms with E-state index in [1.54, 1.807) is 6.92 Å². The van der Waals surface area contributed by atoms with E-state index in [1.165, 1.54) is 0 Å². The van der Waals surface area contributed by atoms with E-state index in [-0.39, 0.29) is 11.8 Å². The van der Waals surface area contributed by atoms with Gasteiger partial charge in [0.2, 0.25) is 5.91 Å². The summed E-state index contributed by atoms with van der Waals surface area (Å²) in [5.74, 6) is 0.307. The number of hydrogen-bond donors (Lipinski definition) is 3. The minimum absolute atomic E-state index is 0.0953. The van der Waals surface area contributed by atoms with Crippen LogP contribution in [0.1, 0.15) is 18.2 Å². The maximum absolute atomic E-state index is 11.5. The molecule has 0 aliphatic carbocycles. The number of carbonyl (C=O) groups excluding carboxylic acids is 1. The van der Waals surface area contributed by atoms with Crippen molar-refractivity contribution in [1.82, 2.24) is 10.2 Å². The number of nitrogens with two attached hydrogens (primary N) is 1. The van der Waals surface area contributed by atoms with Gasteiger partial charge in [0.05, 0.1) is 0 Å². The predicted octanol–water partition coefficient (Wildman–Crippen LogP) is 0.560. The van der Waals surface area contributed by atoms with Crippen molar-refractivity contribution in [3.63, 3.8) is 0 Å². The molecule has 0 aromatic carbocycles. The molecule has 0 bridgehead atoms. The summed E-state index contributed by atoms with van der Waals surface area (Å²) in [5.41, 5.74) is 7.30. The van der Waals surface area contributed by atoms with Crippen LogP contribution in [0.3, 0.4) is 0 Å². The van der Waals surface area contributed by atoms with Gasteiger partial charge in [0.15, 0.2) is 5.82 Å². The van der Waals surface area contributed by atoms with Crippen LogP contribution in [0.5, 0.6) is 0 Å². The first-order valence-corrected chi connectivity index (χ1v) is 4.58. The Kier molecular flexibility index (Phi) is 3.24. The number of rotatable bonds is 3. The number of aromatic nitrogens is 2. The molecule has 1 aromatic rings. The largest absolute Gasteiger partial charge is 0.330 e. The van der Waals surface area contributed by atoms with Crippen molar-refractivity contribution in [1.29, 1.82) is 0 Å². The topological polar surface area (TPSA) is 83.8 Å².